The summed E-state index contributed by atoms with van der Waals surface area (Å²) in [6.07, 6.45) is 0.558. The lowest BCUT2D eigenvalue weighted by molar-refractivity contribution is -0.120. The SMILES string of the molecule is COC(=O)NC(=O)c1ccsc1NC(=O)C1CCN(S(=O)(=O)c2cccc(S(C)(=O)=O)c2)CC1. The van der Waals surface area contributed by atoms with E-state index in [1.54, 1.807) is 5.38 Å². The van der Waals surface area contributed by atoms with Crippen LogP contribution in [0.25, 0.3) is 0 Å². The van der Waals surface area contributed by atoms with Gasteiger partial charge < -0.3 is 10.1 Å². The highest BCUT2D eigenvalue weighted by Crippen LogP contribution is 2.28. The van der Waals surface area contributed by atoms with Crippen LogP contribution < -0.4 is 10.6 Å². The van der Waals surface area contributed by atoms with Gasteiger partial charge in [0.25, 0.3) is 5.91 Å². The average Bonchev–Trinajstić information content (AvgIpc) is 3.26. The first-order valence-electron chi connectivity index (χ1n) is 10.0. The van der Waals surface area contributed by atoms with Crippen molar-refractivity contribution >= 4 is 54.1 Å². The lowest BCUT2D eigenvalue weighted by Crippen LogP contribution is -2.41. The Morgan fingerprint density at radius 3 is 2.32 bits per heavy atom. The number of benzene rings is 1. The summed E-state index contributed by atoms with van der Waals surface area (Å²) in [5.41, 5.74) is 0.106. The van der Waals surface area contributed by atoms with Crippen LogP contribution in [-0.4, -0.2) is 65.5 Å². The Hall–Kier alpha value is -2.81. The first-order chi connectivity index (χ1) is 15.9. The molecular weight excluding hydrogens is 506 g/mol. The van der Waals surface area contributed by atoms with Crippen LogP contribution in [0.15, 0.2) is 45.5 Å². The third kappa shape index (κ3) is 5.81. The first-order valence-corrected chi connectivity index (χ1v) is 14.2. The Kier molecular flexibility index (Phi) is 7.75. The maximum Gasteiger partial charge on any atom is 0.413 e. The van der Waals surface area contributed by atoms with E-state index in [-0.39, 0.29) is 52.2 Å². The van der Waals surface area contributed by atoms with Crippen LogP contribution in [0.3, 0.4) is 0 Å². The third-order valence-corrected chi connectivity index (χ3v) is 9.08. The van der Waals surface area contributed by atoms with Crippen LogP contribution in [0, 0.1) is 5.92 Å². The molecule has 1 aliphatic heterocycles. The number of thiophene rings is 1. The summed E-state index contributed by atoms with van der Waals surface area (Å²) in [7, 11) is -6.38. The van der Waals surface area contributed by atoms with E-state index < -0.39 is 37.8 Å². The number of hydrogen-bond acceptors (Lipinski definition) is 9. The Morgan fingerprint density at radius 2 is 1.71 bits per heavy atom. The van der Waals surface area contributed by atoms with Crippen molar-refractivity contribution in [1.82, 2.24) is 9.62 Å². The zero-order valence-electron chi connectivity index (χ0n) is 18.3. The van der Waals surface area contributed by atoms with Gasteiger partial charge in [-0.15, -0.1) is 11.3 Å². The van der Waals surface area contributed by atoms with Gasteiger partial charge in [-0.1, -0.05) is 6.07 Å². The fraction of sp³-hybridized carbons (Fsp3) is 0.350. The van der Waals surface area contributed by atoms with E-state index in [0.717, 1.165) is 30.8 Å². The molecule has 1 aromatic heterocycles. The molecule has 3 rings (SSSR count). The van der Waals surface area contributed by atoms with Crippen molar-refractivity contribution in [3.8, 4) is 0 Å². The van der Waals surface area contributed by atoms with E-state index in [2.05, 4.69) is 10.1 Å². The van der Waals surface area contributed by atoms with Gasteiger partial charge in [0.05, 0.1) is 22.5 Å². The molecule has 1 aliphatic rings. The Bertz CT molecular complexity index is 1310. The minimum absolute atomic E-state index is 0.0731. The molecule has 1 aromatic carbocycles. The van der Waals surface area contributed by atoms with E-state index >= 15 is 0 Å². The lowest BCUT2D eigenvalue weighted by Gasteiger charge is -2.30. The zero-order chi connectivity index (χ0) is 25.1. The fourth-order valence-corrected chi connectivity index (χ4v) is 6.43. The number of nitrogens with one attached hydrogen (secondary N) is 2. The number of anilines is 1. The molecule has 1 saturated heterocycles. The highest BCUT2D eigenvalue weighted by atomic mass is 32.2. The van der Waals surface area contributed by atoms with E-state index in [0.29, 0.717) is 0 Å². The highest BCUT2D eigenvalue weighted by molar-refractivity contribution is 7.91. The summed E-state index contributed by atoms with van der Waals surface area (Å²) < 4.78 is 55.1. The smallest absolute Gasteiger partial charge is 0.413 e. The molecule has 11 nitrogen and oxygen atoms in total. The number of imide groups is 1. The number of hydrogen-bond donors (Lipinski definition) is 2. The number of alkyl carbamates (subject to hydrolysis) is 1. The van der Waals surface area contributed by atoms with Crippen molar-refractivity contribution in [2.75, 3.05) is 31.8 Å². The van der Waals surface area contributed by atoms with Crippen LogP contribution in [0.5, 0.6) is 0 Å². The van der Waals surface area contributed by atoms with Crippen LogP contribution in [0.2, 0.25) is 0 Å². The van der Waals surface area contributed by atoms with E-state index in [9.17, 15) is 31.2 Å². The van der Waals surface area contributed by atoms with Crippen molar-refractivity contribution < 1.29 is 36.0 Å². The van der Waals surface area contributed by atoms with Gasteiger partial charge >= 0.3 is 6.09 Å². The maximum absolute atomic E-state index is 13.0. The number of sulfonamides is 1. The molecule has 3 amide bonds. The number of carbonyl (C=O) groups excluding carboxylic acids is 3. The first kappa shape index (κ1) is 25.8. The number of nitrogens with zero attached hydrogens (tertiary/aromatic N) is 1. The number of methoxy groups -OCH3 is 1. The van der Waals surface area contributed by atoms with Gasteiger partial charge in [0.1, 0.15) is 5.00 Å². The third-order valence-electron chi connectivity index (χ3n) is 5.24. The molecule has 0 saturated carbocycles. The van der Waals surface area contributed by atoms with Crippen molar-refractivity contribution in [2.24, 2.45) is 5.92 Å². The largest absolute Gasteiger partial charge is 0.453 e. The summed E-state index contributed by atoms with van der Waals surface area (Å²) in [5.74, 6) is -1.58. The Balaban J connectivity index is 1.64. The molecule has 2 heterocycles. The van der Waals surface area contributed by atoms with Crippen LogP contribution in [-0.2, 0) is 29.4 Å². The number of sulfone groups is 1. The summed E-state index contributed by atoms with van der Waals surface area (Å²) in [5, 5.41) is 6.54. The van der Waals surface area contributed by atoms with Gasteiger partial charge in [-0.3, -0.25) is 14.9 Å². The van der Waals surface area contributed by atoms with Gasteiger partial charge in [-0.2, -0.15) is 4.31 Å². The summed E-state index contributed by atoms with van der Waals surface area (Å²) in [4.78, 5) is 35.9. The molecule has 2 N–H and O–H groups in total. The van der Waals surface area contributed by atoms with E-state index in [1.807, 2.05) is 5.32 Å². The second kappa shape index (κ2) is 10.2. The molecule has 0 radical (unpaired) electrons. The van der Waals surface area contributed by atoms with Gasteiger partial charge in [-0.05, 0) is 42.5 Å². The van der Waals surface area contributed by atoms with E-state index in [4.69, 9.17) is 0 Å². The predicted molar refractivity (Wildman–Crippen MR) is 124 cm³/mol. The summed E-state index contributed by atoms with van der Waals surface area (Å²) in [6.45, 7) is 0.146. The fourth-order valence-electron chi connectivity index (χ4n) is 3.38. The Morgan fingerprint density at radius 1 is 1.06 bits per heavy atom. The predicted octanol–water partition coefficient (Wildman–Crippen LogP) is 1.69. The molecule has 0 aliphatic carbocycles. The normalized spacial score (nSPS) is 15.5. The van der Waals surface area contributed by atoms with Crippen LogP contribution >= 0.6 is 11.3 Å². The summed E-state index contributed by atoms with van der Waals surface area (Å²) in [6, 6.07) is 6.62. The van der Waals surface area contributed by atoms with Crippen molar-refractivity contribution in [2.45, 2.75) is 22.6 Å². The molecule has 14 heteroatoms. The van der Waals surface area contributed by atoms with Crippen LogP contribution in [0.4, 0.5) is 9.80 Å². The minimum Gasteiger partial charge on any atom is -0.453 e. The van der Waals surface area contributed by atoms with E-state index in [1.165, 1.54) is 28.6 Å². The molecular formula is C20H23N3O8S3. The minimum atomic E-state index is -3.93. The molecule has 0 unspecified atom stereocenters. The van der Waals surface area contributed by atoms with Crippen LogP contribution in [0.1, 0.15) is 23.2 Å². The molecule has 0 bridgehead atoms. The van der Waals surface area contributed by atoms with Crippen molar-refractivity contribution in [3.05, 3.63) is 41.3 Å². The number of ether oxygens (including phenoxy) is 1. The number of piperidine rings is 1. The molecule has 0 atom stereocenters. The average molecular weight is 530 g/mol. The standard InChI is InChI=1S/C20H23N3O8S3/c1-31-20(26)22-18(25)16-8-11-32-19(16)21-17(24)13-6-9-23(10-7-13)34(29,30)15-5-3-4-14(12-15)33(2,27)28/h3-5,8,11-13H,6-7,9-10H2,1-2H3,(H,21,24)(H,22,25,26). The van der Waals surface area contributed by atoms with Gasteiger partial charge in [0, 0.05) is 25.3 Å². The zero-order valence-corrected chi connectivity index (χ0v) is 20.8. The molecule has 184 valence electrons. The number of rotatable bonds is 6. The second-order valence-electron chi connectivity index (χ2n) is 7.52. The van der Waals surface area contributed by atoms with Gasteiger partial charge in [0.15, 0.2) is 9.84 Å². The van der Waals surface area contributed by atoms with Gasteiger partial charge in [-0.25, -0.2) is 21.6 Å². The maximum atomic E-state index is 13.0. The highest BCUT2D eigenvalue weighted by Gasteiger charge is 2.33. The number of carbonyl (C=O) groups is 3. The monoisotopic (exact) mass is 529 g/mol. The molecule has 0 spiro atoms. The second-order valence-corrected chi connectivity index (χ2v) is 12.4. The summed E-state index contributed by atoms with van der Waals surface area (Å²) >= 11 is 1.11. The molecule has 34 heavy (non-hydrogen) atoms. The van der Waals surface area contributed by atoms with Crippen molar-refractivity contribution in [3.63, 3.8) is 0 Å². The molecule has 1 fully saturated rings. The van der Waals surface area contributed by atoms with Gasteiger partial charge in [0.2, 0.25) is 15.9 Å². The molecule has 2 aromatic rings. The Labute approximate surface area is 201 Å². The number of amides is 3. The quantitative estimate of drug-likeness (QED) is 0.573. The topological polar surface area (TPSA) is 156 Å². The van der Waals surface area contributed by atoms with Crippen molar-refractivity contribution in [1.29, 1.82) is 0 Å². The lowest BCUT2D eigenvalue weighted by atomic mass is 9.97.